The molecular weight excluding hydrogens is 570 g/mol. The van der Waals surface area contributed by atoms with Crippen molar-refractivity contribution in [2.24, 2.45) is 0 Å². The normalized spacial score (nSPS) is 11.8. The maximum Gasteiger partial charge on any atom is 0.272 e. The van der Waals surface area contributed by atoms with Gasteiger partial charge in [0, 0.05) is 27.9 Å². The highest BCUT2D eigenvalue weighted by atomic mass is 32.2. The first-order chi connectivity index (χ1) is 21.4. The Kier molecular flexibility index (Phi) is 9.74. The van der Waals surface area contributed by atoms with Crippen LogP contribution >= 0.6 is 11.8 Å². The number of carbonyl (C=O) groups excluding carboxylic acids is 3. The summed E-state index contributed by atoms with van der Waals surface area (Å²) in [5, 5.41) is 8.11. The van der Waals surface area contributed by atoms with Crippen LogP contribution in [-0.4, -0.2) is 17.7 Å². The van der Waals surface area contributed by atoms with E-state index in [1.165, 1.54) is 24.1 Å². The van der Waals surface area contributed by atoms with Crippen molar-refractivity contribution in [3.05, 3.63) is 155 Å². The molecule has 1 atom stereocenters. The summed E-state index contributed by atoms with van der Waals surface area (Å²) in [5.41, 5.74) is 4.74. The molecule has 0 aliphatic rings. The topological polar surface area (TPSA) is 100 Å². The predicted molar refractivity (Wildman–Crippen MR) is 175 cm³/mol. The van der Waals surface area contributed by atoms with E-state index in [2.05, 4.69) is 16.0 Å². The zero-order valence-corrected chi connectivity index (χ0v) is 25.1. The fourth-order valence-electron chi connectivity index (χ4n) is 4.46. The van der Waals surface area contributed by atoms with Crippen molar-refractivity contribution in [1.82, 2.24) is 5.32 Å². The van der Waals surface area contributed by atoms with E-state index in [1.807, 2.05) is 80.6 Å². The Labute approximate surface area is 260 Å². The van der Waals surface area contributed by atoms with Gasteiger partial charge in [0.15, 0.2) is 0 Å². The molecule has 1 unspecified atom stereocenters. The van der Waals surface area contributed by atoms with Gasteiger partial charge in [-0.25, -0.2) is 0 Å². The molecule has 0 fully saturated rings. The molecule has 0 saturated carbocycles. The molecule has 5 rings (SSSR count). The summed E-state index contributed by atoms with van der Waals surface area (Å²) in [6.45, 7) is 3.99. The highest BCUT2D eigenvalue weighted by Crippen LogP contribution is 2.37. The summed E-state index contributed by atoms with van der Waals surface area (Å²) in [4.78, 5) is 40.5. The van der Waals surface area contributed by atoms with Crippen molar-refractivity contribution in [3.8, 4) is 0 Å². The molecule has 1 heterocycles. The van der Waals surface area contributed by atoms with Crippen LogP contribution in [-0.2, 0) is 9.59 Å². The largest absolute Gasteiger partial charge is 0.465 e. The summed E-state index contributed by atoms with van der Waals surface area (Å²) < 4.78 is 5.37. The third kappa shape index (κ3) is 7.93. The average Bonchev–Trinajstić information content (AvgIpc) is 3.55. The molecule has 44 heavy (non-hydrogen) atoms. The minimum Gasteiger partial charge on any atom is -0.465 e. The standard InChI is InChI=1S/C36H31N3O4S/c1-24-15-20-31(25(2)22-24)38-36(42)33(26-10-5-3-6-11-26)44-30-18-16-28(17-19-30)37-35(41)32(23-29-14-9-21-43-29)39-34(40)27-12-7-4-8-13-27/h3-23,33H,1-2H3,(H,37,41)(H,38,42)(H,39,40)/b32-23-. The lowest BCUT2D eigenvalue weighted by atomic mass is 10.1. The van der Waals surface area contributed by atoms with Crippen LogP contribution in [0.5, 0.6) is 0 Å². The van der Waals surface area contributed by atoms with Gasteiger partial charge in [0.1, 0.15) is 16.7 Å². The molecule has 0 aliphatic carbocycles. The van der Waals surface area contributed by atoms with E-state index in [4.69, 9.17) is 4.42 Å². The lowest BCUT2D eigenvalue weighted by molar-refractivity contribution is -0.116. The molecule has 5 aromatic rings. The second kappa shape index (κ2) is 14.2. The summed E-state index contributed by atoms with van der Waals surface area (Å²) in [6, 6.07) is 34.8. The molecule has 3 amide bonds. The van der Waals surface area contributed by atoms with Crippen LogP contribution in [0.25, 0.3) is 6.08 Å². The Morgan fingerprint density at radius 2 is 1.48 bits per heavy atom. The number of benzene rings is 4. The number of aryl methyl sites for hydroxylation is 2. The molecule has 0 radical (unpaired) electrons. The SMILES string of the molecule is Cc1ccc(NC(=O)C(Sc2ccc(NC(=O)/C(=C/c3ccco3)NC(=O)c3ccccc3)cc2)c2ccccc2)c(C)c1. The Hall–Kier alpha value is -5.34. The molecular formula is C36H31N3O4S. The van der Waals surface area contributed by atoms with Crippen LogP contribution in [0.4, 0.5) is 11.4 Å². The quantitative estimate of drug-likeness (QED) is 0.112. The van der Waals surface area contributed by atoms with Crippen molar-refractivity contribution >= 4 is 46.9 Å². The summed E-state index contributed by atoms with van der Waals surface area (Å²) in [6.07, 6.45) is 2.96. The van der Waals surface area contributed by atoms with E-state index in [0.717, 1.165) is 27.3 Å². The zero-order chi connectivity index (χ0) is 30.9. The van der Waals surface area contributed by atoms with Gasteiger partial charge in [-0.1, -0.05) is 66.2 Å². The number of carbonyl (C=O) groups is 3. The average molecular weight is 602 g/mol. The number of rotatable bonds is 10. The Morgan fingerprint density at radius 1 is 0.773 bits per heavy atom. The molecule has 220 valence electrons. The van der Waals surface area contributed by atoms with E-state index in [0.29, 0.717) is 17.0 Å². The fraction of sp³-hybridized carbons (Fsp3) is 0.0833. The zero-order valence-electron chi connectivity index (χ0n) is 24.2. The number of anilines is 2. The lowest BCUT2D eigenvalue weighted by Gasteiger charge is -2.18. The first kappa shape index (κ1) is 30.1. The Bertz CT molecular complexity index is 1770. The third-order valence-corrected chi connectivity index (χ3v) is 7.97. The first-order valence-electron chi connectivity index (χ1n) is 14.0. The van der Waals surface area contributed by atoms with Gasteiger partial charge < -0.3 is 20.4 Å². The second-order valence-corrected chi connectivity index (χ2v) is 11.3. The van der Waals surface area contributed by atoms with E-state index < -0.39 is 17.1 Å². The maximum absolute atomic E-state index is 13.5. The molecule has 0 bridgehead atoms. The van der Waals surface area contributed by atoms with E-state index in [-0.39, 0.29) is 11.6 Å². The van der Waals surface area contributed by atoms with Gasteiger partial charge in [-0.3, -0.25) is 14.4 Å². The van der Waals surface area contributed by atoms with Gasteiger partial charge in [-0.05, 0) is 79.6 Å². The van der Waals surface area contributed by atoms with Crippen molar-refractivity contribution in [2.45, 2.75) is 24.0 Å². The molecule has 1 aromatic heterocycles. The van der Waals surface area contributed by atoms with Crippen LogP contribution < -0.4 is 16.0 Å². The predicted octanol–water partition coefficient (Wildman–Crippen LogP) is 7.78. The second-order valence-electron chi connectivity index (χ2n) is 10.1. The fourth-order valence-corrected chi connectivity index (χ4v) is 5.49. The minimum absolute atomic E-state index is 0.0273. The highest BCUT2D eigenvalue weighted by Gasteiger charge is 2.23. The van der Waals surface area contributed by atoms with Crippen LogP contribution in [0, 0.1) is 13.8 Å². The third-order valence-electron chi connectivity index (χ3n) is 6.70. The van der Waals surface area contributed by atoms with Crippen LogP contribution in [0.2, 0.25) is 0 Å². The molecule has 0 aliphatic heterocycles. The monoisotopic (exact) mass is 601 g/mol. The molecule has 8 heteroatoms. The Morgan fingerprint density at radius 3 is 2.14 bits per heavy atom. The van der Waals surface area contributed by atoms with E-state index in [9.17, 15) is 14.4 Å². The van der Waals surface area contributed by atoms with Crippen molar-refractivity contribution in [1.29, 1.82) is 0 Å². The maximum atomic E-state index is 13.5. The van der Waals surface area contributed by atoms with E-state index in [1.54, 1.807) is 48.5 Å². The smallest absolute Gasteiger partial charge is 0.272 e. The lowest BCUT2D eigenvalue weighted by Crippen LogP contribution is -2.30. The van der Waals surface area contributed by atoms with Gasteiger partial charge in [0.25, 0.3) is 11.8 Å². The number of hydrogen-bond donors (Lipinski definition) is 3. The van der Waals surface area contributed by atoms with Gasteiger partial charge in [-0.2, -0.15) is 0 Å². The number of hydrogen-bond acceptors (Lipinski definition) is 5. The summed E-state index contributed by atoms with van der Waals surface area (Å²) >= 11 is 1.42. The number of thioether (sulfide) groups is 1. The number of nitrogens with one attached hydrogen (secondary N) is 3. The molecule has 0 saturated heterocycles. The molecule has 4 aromatic carbocycles. The van der Waals surface area contributed by atoms with E-state index >= 15 is 0 Å². The first-order valence-corrected chi connectivity index (χ1v) is 14.9. The highest BCUT2D eigenvalue weighted by molar-refractivity contribution is 8.00. The van der Waals surface area contributed by atoms with Crippen molar-refractivity contribution in [2.75, 3.05) is 10.6 Å². The van der Waals surface area contributed by atoms with Crippen molar-refractivity contribution in [3.63, 3.8) is 0 Å². The summed E-state index contributed by atoms with van der Waals surface area (Å²) in [7, 11) is 0. The number of amides is 3. The van der Waals surface area contributed by atoms with Gasteiger partial charge in [0.2, 0.25) is 5.91 Å². The number of furan rings is 1. The van der Waals surface area contributed by atoms with Crippen LogP contribution in [0.15, 0.2) is 137 Å². The van der Waals surface area contributed by atoms with Crippen LogP contribution in [0.1, 0.15) is 38.1 Å². The van der Waals surface area contributed by atoms with Crippen LogP contribution in [0.3, 0.4) is 0 Å². The molecule has 7 nitrogen and oxygen atoms in total. The van der Waals surface area contributed by atoms with Gasteiger partial charge in [-0.15, -0.1) is 11.8 Å². The van der Waals surface area contributed by atoms with Crippen molar-refractivity contribution < 1.29 is 18.8 Å². The minimum atomic E-state index is -0.513. The summed E-state index contributed by atoms with van der Waals surface area (Å²) in [5.74, 6) is -0.647. The molecule has 3 N–H and O–H groups in total. The van der Waals surface area contributed by atoms with Gasteiger partial charge >= 0.3 is 0 Å². The Balaban J connectivity index is 1.31. The van der Waals surface area contributed by atoms with Gasteiger partial charge in [0.05, 0.1) is 6.26 Å². The molecule has 0 spiro atoms.